The van der Waals surface area contributed by atoms with Gasteiger partial charge in [-0.25, -0.2) is 0 Å². The van der Waals surface area contributed by atoms with Crippen molar-refractivity contribution in [3.63, 3.8) is 0 Å². The molecule has 102 valence electrons. The van der Waals surface area contributed by atoms with Gasteiger partial charge in [-0.05, 0) is 61.6 Å². The molecule has 0 radical (unpaired) electrons. The first-order chi connectivity index (χ1) is 9.21. The summed E-state index contributed by atoms with van der Waals surface area (Å²) >= 11 is 7.93. The van der Waals surface area contributed by atoms with Crippen LogP contribution in [0.3, 0.4) is 0 Å². The quantitative estimate of drug-likeness (QED) is 0.843. The molecule has 3 heteroatoms. The Labute approximate surface area is 124 Å². The maximum absolute atomic E-state index is 6.02. The third-order valence-electron chi connectivity index (χ3n) is 3.30. The van der Waals surface area contributed by atoms with Gasteiger partial charge >= 0.3 is 0 Å². The van der Waals surface area contributed by atoms with Gasteiger partial charge in [-0.1, -0.05) is 30.7 Å². The topological polar surface area (TPSA) is 26.0 Å². The number of halogens is 1. The van der Waals surface area contributed by atoms with Crippen molar-refractivity contribution < 1.29 is 0 Å². The number of rotatable bonds is 6. The second-order valence-electron chi connectivity index (χ2n) is 4.86. The van der Waals surface area contributed by atoms with Crippen LogP contribution in [0.15, 0.2) is 36.4 Å². The molecule has 0 aliphatic heterocycles. The summed E-state index contributed by atoms with van der Waals surface area (Å²) in [5.41, 5.74) is 7.19. The third-order valence-corrected chi connectivity index (χ3v) is 4.79. The molecule has 19 heavy (non-hydrogen) atoms. The van der Waals surface area contributed by atoms with Crippen LogP contribution in [0.2, 0.25) is 5.02 Å². The summed E-state index contributed by atoms with van der Waals surface area (Å²) < 4.78 is 0. The molecule has 1 heterocycles. The van der Waals surface area contributed by atoms with Crippen LogP contribution in [-0.2, 0) is 19.3 Å². The molecule has 0 spiro atoms. The van der Waals surface area contributed by atoms with Crippen LogP contribution in [0.5, 0.6) is 0 Å². The lowest BCUT2D eigenvalue weighted by Gasteiger charge is -2.14. The number of nitrogens with two attached hydrogens (primary N) is 1. The van der Waals surface area contributed by atoms with Crippen molar-refractivity contribution in [2.75, 3.05) is 6.54 Å². The van der Waals surface area contributed by atoms with E-state index < -0.39 is 0 Å². The minimum absolute atomic E-state index is 0.488. The second kappa shape index (κ2) is 7.09. The fourth-order valence-corrected chi connectivity index (χ4v) is 3.53. The van der Waals surface area contributed by atoms with Crippen molar-refractivity contribution in [1.29, 1.82) is 0 Å². The predicted octanol–water partition coefficient (Wildman–Crippen LogP) is 4.32. The van der Waals surface area contributed by atoms with Crippen LogP contribution in [-0.4, -0.2) is 6.54 Å². The van der Waals surface area contributed by atoms with Gasteiger partial charge in [0.1, 0.15) is 0 Å². The molecular weight excluding hydrogens is 274 g/mol. The van der Waals surface area contributed by atoms with Gasteiger partial charge < -0.3 is 5.73 Å². The van der Waals surface area contributed by atoms with E-state index in [-0.39, 0.29) is 0 Å². The van der Waals surface area contributed by atoms with Crippen LogP contribution in [0.4, 0.5) is 0 Å². The molecule has 1 aromatic carbocycles. The van der Waals surface area contributed by atoms with Crippen molar-refractivity contribution in [1.82, 2.24) is 0 Å². The van der Waals surface area contributed by atoms with E-state index >= 15 is 0 Å². The average molecular weight is 294 g/mol. The van der Waals surface area contributed by atoms with E-state index in [0.29, 0.717) is 12.5 Å². The summed E-state index contributed by atoms with van der Waals surface area (Å²) in [4.78, 5) is 2.89. The van der Waals surface area contributed by atoms with Gasteiger partial charge in [0.2, 0.25) is 0 Å². The van der Waals surface area contributed by atoms with E-state index in [9.17, 15) is 0 Å². The highest BCUT2D eigenvalue weighted by Crippen LogP contribution is 2.22. The Kier molecular flexibility index (Phi) is 5.44. The molecule has 1 aromatic heterocycles. The lowest BCUT2D eigenvalue weighted by atomic mass is 9.96. The average Bonchev–Trinajstić information content (AvgIpc) is 2.85. The fraction of sp³-hybridized carbons (Fsp3) is 0.375. The number of benzene rings is 1. The molecule has 0 bridgehead atoms. The summed E-state index contributed by atoms with van der Waals surface area (Å²) in [5.74, 6) is 0.488. The van der Waals surface area contributed by atoms with Crippen molar-refractivity contribution in [2.24, 2.45) is 11.7 Å². The lowest BCUT2D eigenvalue weighted by Crippen LogP contribution is -2.18. The summed E-state index contributed by atoms with van der Waals surface area (Å²) in [6.45, 7) is 2.91. The van der Waals surface area contributed by atoms with Gasteiger partial charge in [0.15, 0.2) is 0 Å². The third kappa shape index (κ3) is 4.34. The Morgan fingerprint density at radius 3 is 2.58 bits per heavy atom. The zero-order chi connectivity index (χ0) is 13.7. The molecular formula is C16H20ClNS. The van der Waals surface area contributed by atoms with E-state index in [0.717, 1.165) is 24.3 Å². The standard InChI is InChI=1S/C16H20ClNS/c1-2-15-6-7-16(19-15)10-13(11-18)8-12-4-3-5-14(17)9-12/h3-7,9,13H,2,8,10-11,18H2,1H3. The first-order valence-corrected chi connectivity index (χ1v) is 7.92. The van der Waals surface area contributed by atoms with Crippen LogP contribution >= 0.6 is 22.9 Å². The minimum Gasteiger partial charge on any atom is -0.330 e. The van der Waals surface area contributed by atoms with E-state index in [1.54, 1.807) is 0 Å². The first-order valence-electron chi connectivity index (χ1n) is 6.73. The first kappa shape index (κ1) is 14.6. The minimum atomic E-state index is 0.488. The molecule has 2 N–H and O–H groups in total. The monoisotopic (exact) mass is 293 g/mol. The van der Waals surface area contributed by atoms with Gasteiger partial charge in [-0.2, -0.15) is 0 Å². The van der Waals surface area contributed by atoms with Crippen molar-refractivity contribution >= 4 is 22.9 Å². The fourth-order valence-electron chi connectivity index (χ4n) is 2.24. The van der Waals surface area contributed by atoms with E-state index in [1.807, 2.05) is 29.5 Å². The van der Waals surface area contributed by atoms with Gasteiger partial charge in [-0.3, -0.25) is 0 Å². The Hall–Kier alpha value is -0.830. The molecule has 1 atom stereocenters. The molecule has 0 aliphatic rings. The Morgan fingerprint density at radius 2 is 1.95 bits per heavy atom. The molecule has 1 nitrogen and oxygen atoms in total. The zero-order valence-corrected chi connectivity index (χ0v) is 12.8. The predicted molar refractivity (Wildman–Crippen MR) is 85.1 cm³/mol. The van der Waals surface area contributed by atoms with Gasteiger partial charge in [0.25, 0.3) is 0 Å². The van der Waals surface area contributed by atoms with Gasteiger partial charge in [0.05, 0.1) is 0 Å². The second-order valence-corrected chi connectivity index (χ2v) is 6.55. The molecule has 2 rings (SSSR count). The van der Waals surface area contributed by atoms with Crippen molar-refractivity contribution in [2.45, 2.75) is 26.2 Å². The normalized spacial score (nSPS) is 12.6. The van der Waals surface area contributed by atoms with Crippen molar-refractivity contribution in [3.05, 3.63) is 56.7 Å². The van der Waals surface area contributed by atoms with Crippen LogP contribution in [0.1, 0.15) is 22.2 Å². The van der Waals surface area contributed by atoms with Crippen LogP contribution in [0.25, 0.3) is 0 Å². The highest BCUT2D eigenvalue weighted by atomic mass is 35.5. The summed E-state index contributed by atoms with van der Waals surface area (Å²) in [7, 11) is 0. The molecule has 0 saturated heterocycles. The zero-order valence-electron chi connectivity index (χ0n) is 11.2. The molecule has 0 fully saturated rings. The maximum Gasteiger partial charge on any atom is 0.0408 e. The maximum atomic E-state index is 6.02. The molecule has 1 unspecified atom stereocenters. The number of aryl methyl sites for hydroxylation is 1. The van der Waals surface area contributed by atoms with E-state index in [2.05, 4.69) is 25.1 Å². The number of hydrogen-bond acceptors (Lipinski definition) is 2. The molecule has 0 aliphatic carbocycles. The van der Waals surface area contributed by atoms with Gasteiger partial charge in [0, 0.05) is 14.8 Å². The number of hydrogen-bond donors (Lipinski definition) is 1. The molecule has 0 saturated carbocycles. The highest BCUT2D eigenvalue weighted by Gasteiger charge is 2.11. The van der Waals surface area contributed by atoms with Crippen LogP contribution in [0, 0.1) is 5.92 Å². The highest BCUT2D eigenvalue weighted by molar-refractivity contribution is 7.11. The molecule has 2 aromatic rings. The number of thiophene rings is 1. The van der Waals surface area contributed by atoms with Crippen molar-refractivity contribution in [3.8, 4) is 0 Å². The Balaban J connectivity index is 2.00. The smallest absolute Gasteiger partial charge is 0.0408 e. The van der Waals surface area contributed by atoms with Gasteiger partial charge in [-0.15, -0.1) is 11.3 Å². The van der Waals surface area contributed by atoms with Crippen LogP contribution < -0.4 is 5.73 Å². The Morgan fingerprint density at radius 1 is 1.16 bits per heavy atom. The lowest BCUT2D eigenvalue weighted by molar-refractivity contribution is 0.537. The van der Waals surface area contributed by atoms with E-state index in [1.165, 1.54) is 15.3 Å². The molecule has 0 amide bonds. The summed E-state index contributed by atoms with van der Waals surface area (Å²) in [6.07, 6.45) is 3.18. The summed E-state index contributed by atoms with van der Waals surface area (Å²) in [5, 5.41) is 0.803. The Bertz CT molecular complexity index is 521. The SMILES string of the molecule is CCc1ccc(CC(CN)Cc2cccc(Cl)c2)s1. The summed E-state index contributed by atoms with van der Waals surface area (Å²) in [6, 6.07) is 12.6. The van der Waals surface area contributed by atoms with E-state index in [4.69, 9.17) is 17.3 Å². The largest absolute Gasteiger partial charge is 0.330 e.